The van der Waals surface area contributed by atoms with E-state index >= 15 is 0 Å². The van der Waals surface area contributed by atoms with E-state index in [1.807, 2.05) is 12.1 Å². The van der Waals surface area contributed by atoms with Crippen LogP contribution in [0.5, 0.6) is 0 Å². The van der Waals surface area contributed by atoms with Crippen molar-refractivity contribution >= 4 is 17.3 Å². The van der Waals surface area contributed by atoms with Gasteiger partial charge in [0.1, 0.15) is 6.10 Å². The zero-order valence-corrected chi connectivity index (χ0v) is 17.8. The molecule has 0 aliphatic heterocycles. The molecular weight excluding hydrogens is 412 g/mol. The molecule has 4 aromatic rings. The topological polar surface area (TPSA) is 71.4 Å². The van der Waals surface area contributed by atoms with Crippen molar-refractivity contribution in [2.24, 2.45) is 0 Å². The first-order valence-electron chi connectivity index (χ1n) is 10.6. The summed E-state index contributed by atoms with van der Waals surface area (Å²) >= 11 is 0. The maximum absolute atomic E-state index is 13.2. The largest absolute Gasteiger partial charge is 0.380 e. The minimum atomic E-state index is -1.32. The summed E-state index contributed by atoms with van der Waals surface area (Å²) in [5.41, 5.74) is 2.72. The van der Waals surface area contributed by atoms with Crippen LogP contribution in [0.25, 0.3) is 11.1 Å². The Balaban J connectivity index is 1.68. The number of carbonyl (C=O) groups is 3. The fraction of sp³-hybridized carbons (Fsp3) is 0.0690. The van der Waals surface area contributed by atoms with Gasteiger partial charge in [-0.1, -0.05) is 109 Å². The highest BCUT2D eigenvalue weighted by Crippen LogP contribution is 2.31. The molecule has 0 saturated carbocycles. The molecule has 33 heavy (non-hydrogen) atoms. The molecule has 1 N–H and O–H groups in total. The van der Waals surface area contributed by atoms with Gasteiger partial charge in [-0.2, -0.15) is 0 Å². The Morgan fingerprint density at radius 1 is 0.576 bits per heavy atom. The quantitative estimate of drug-likeness (QED) is 0.284. The predicted octanol–water partition coefficient (Wildman–Crippen LogP) is 5.73. The van der Waals surface area contributed by atoms with E-state index in [0.717, 1.165) is 0 Å². The molecule has 0 fully saturated rings. The summed E-state index contributed by atoms with van der Waals surface area (Å²) < 4.78 is 0. The van der Waals surface area contributed by atoms with Crippen LogP contribution in [0, 0.1) is 0 Å². The number of hydrogen-bond acceptors (Lipinski definition) is 4. The lowest BCUT2D eigenvalue weighted by Crippen LogP contribution is -2.14. The number of carbonyl (C=O) groups excluding carboxylic acids is 3. The summed E-state index contributed by atoms with van der Waals surface area (Å²) in [6, 6.07) is 31.2. The summed E-state index contributed by atoms with van der Waals surface area (Å²) in [7, 11) is 0. The average Bonchev–Trinajstić information content (AvgIpc) is 2.88. The summed E-state index contributed by atoms with van der Waals surface area (Å²) in [5.74, 6) is -1.05. The molecule has 4 rings (SSSR count). The SMILES string of the molecule is O=C(CC(=O)c1ccccc1-c1ccccc1C(=O)C(O)c1ccccc1)c1ccccc1. The third-order valence-corrected chi connectivity index (χ3v) is 5.49. The average molecular weight is 434 g/mol. The van der Waals surface area contributed by atoms with Gasteiger partial charge >= 0.3 is 0 Å². The number of hydrogen-bond donors (Lipinski definition) is 1. The van der Waals surface area contributed by atoms with Crippen LogP contribution in [0.4, 0.5) is 0 Å². The number of aliphatic hydroxyl groups excluding tert-OH is 1. The Hall–Kier alpha value is -4.15. The summed E-state index contributed by atoms with van der Waals surface area (Å²) in [5, 5.41) is 10.7. The highest BCUT2D eigenvalue weighted by atomic mass is 16.3. The van der Waals surface area contributed by atoms with Crippen LogP contribution in [-0.4, -0.2) is 22.5 Å². The minimum Gasteiger partial charge on any atom is -0.380 e. The standard InChI is InChI=1S/C29H22O4/c30-26(20-11-3-1-4-12-20)19-27(31)24-17-9-7-15-22(24)23-16-8-10-18-25(23)29(33)28(32)21-13-5-2-6-14-21/h1-18,28,32H,19H2. The maximum atomic E-state index is 13.2. The highest BCUT2D eigenvalue weighted by Gasteiger charge is 2.24. The normalized spacial score (nSPS) is 11.5. The van der Waals surface area contributed by atoms with Crippen LogP contribution >= 0.6 is 0 Å². The Morgan fingerprint density at radius 2 is 1.06 bits per heavy atom. The summed E-state index contributed by atoms with van der Waals surface area (Å²) in [6.45, 7) is 0. The monoisotopic (exact) mass is 434 g/mol. The number of benzene rings is 4. The van der Waals surface area contributed by atoms with Gasteiger partial charge in [0.15, 0.2) is 17.3 Å². The lowest BCUT2D eigenvalue weighted by atomic mass is 9.88. The predicted molar refractivity (Wildman–Crippen MR) is 127 cm³/mol. The summed E-state index contributed by atoms with van der Waals surface area (Å²) in [6.07, 6.45) is -1.60. The molecular formula is C29H22O4. The van der Waals surface area contributed by atoms with Crippen molar-refractivity contribution in [1.82, 2.24) is 0 Å². The smallest absolute Gasteiger partial charge is 0.196 e. The maximum Gasteiger partial charge on any atom is 0.196 e. The highest BCUT2D eigenvalue weighted by molar-refractivity contribution is 6.16. The zero-order chi connectivity index (χ0) is 23.2. The van der Waals surface area contributed by atoms with Gasteiger partial charge in [0.05, 0.1) is 6.42 Å². The van der Waals surface area contributed by atoms with E-state index in [1.54, 1.807) is 97.1 Å². The van der Waals surface area contributed by atoms with Gasteiger partial charge in [0, 0.05) is 16.7 Å². The van der Waals surface area contributed by atoms with Crippen LogP contribution < -0.4 is 0 Å². The number of aliphatic hydroxyl groups is 1. The Morgan fingerprint density at radius 3 is 1.70 bits per heavy atom. The molecule has 1 unspecified atom stereocenters. The first-order chi connectivity index (χ1) is 16.1. The minimum absolute atomic E-state index is 0.265. The van der Waals surface area contributed by atoms with Crippen molar-refractivity contribution in [2.45, 2.75) is 12.5 Å². The van der Waals surface area contributed by atoms with Crippen LogP contribution in [-0.2, 0) is 0 Å². The molecule has 0 aliphatic carbocycles. The second-order valence-electron chi connectivity index (χ2n) is 7.66. The second kappa shape index (κ2) is 9.98. The molecule has 0 heterocycles. The van der Waals surface area contributed by atoms with Crippen molar-refractivity contribution in [3.8, 4) is 11.1 Å². The molecule has 0 radical (unpaired) electrons. The molecule has 0 aliphatic rings. The fourth-order valence-corrected chi connectivity index (χ4v) is 3.80. The van der Waals surface area contributed by atoms with Crippen molar-refractivity contribution < 1.29 is 19.5 Å². The molecule has 4 aromatic carbocycles. The number of ketones is 3. The lowest BCUT2D eigenvalue weighted by Gasteiger charge is -2.15. The molecule has 162 valence electrons. The van der Waals surface area contributed by atoms with Crippen molar-refractivity contribution in [3.63, 3.8) is 0 Å². The van der Waals surface area contributed by atoms with Crippen molar-refractivity contribution in [3.05, 3.63) is 131 Å². The number of rotatable bonds is 8. The van der Waals surface area contributed by atoms with E-state index in [-0.39, 0.29) is 18.0 Å². The van der Waals surface area contributed by atoms with Gasteiger partial charge < -0.3 is 5.11 Å². The van der Waals surface area contributed by atoms with Gasteiger partial charge in [0.2, 0.25) is 0 Å². The third-order valence-electron chi connectivity index (χ3n) is 5.49. The Labute approximate surface area is 192 Å². The molecule has 4 nitrogen and oxygen atoms in total. The van der Waals surface area contributed by atoms with E-state index in [2.05, 4.69) is 0 Å². The molecule has 0 spiro atoms. The zero-order valence-electron chi connectivity index (χ0n) is 17.8. The van der Waals surface area contributed by atoms with Gasteiger partial charge in [-0.05, 0) is 16.7 Å². The van der Waals surface area contributed by atoms with Crippen LogP contribution in [0.3, 0.4) is 0 Å². The fourth-order valence-electron chi connectivity index (χ4n) is 3.80. The first-order valence-corrected chi connectivity index (χ1v) is 10.6. The third kappa shape index (κ3) is 4.86. The molecule has 4 heteroatoms. The van der Waals surface area contributed by atoms with E-state index in [1.165, 1.54) is 0 Å². The molecule has 0 saturated heterocycles. The van der Waals surface area contributed by atoms with Crippen molar-refractivity contribution in [2.75, 3.05) is 0 Å². The molecule has 1 atom stereocenters. The van der Waals surface area contributed by atoms with Crippen molar-refractivity contribution in [1.29, 1.82) is 0 Å². The van der Waals surface area contributed by atoms with E-state index in [4.69, 9.17) is 0 Å². The Bertz CT molecular complexity index is 1290. The van der Waals surface area contributed by atoms with E-state index in [9.17, 15) is 19.5 Å². The summed E-state index contributed by atoms with van der Waals surface area (Å²) in [4.78, 5) is 38.9. The first kappa shape index (κ1) is 22.1. The van der Waals surface area contributed by atoms with Gasteiger partial charge in [0.25, 0.3) is 0 Å². The van der Waals surface area contributed by atoms with Gasteiger partial charge in [-0.3, -0.25) is 14.4 Å². The van der Waals surface area contributed by atoms with Crippen LogP contribution in [0.15, 0.2) is 109 Å². The molecule has 0 aromatic heterocycles. The van der Waals surface area contributed by atoms with Gasteiger partial charge in [-0.25, -0.2) is 0 Å². The van der Waals surface area contributed by atoms with Crippen LogP contribution in [0.2, 0.25) is 0 Å². The van der Waals surface area contributed by atoms with Gasteiger partial charge in [-0.15, -0.1) is 0 Å². The van der Waals surface area contributed by atoms with E-state index in [0.29, 0.717) is 33.4 Å². The lowest BCUT2D eigenvalue weighted by molar-refractivity contribution is 0.0747. The molecule has 0 amide bonds. The van der Waals surface area contributed by atoms with Crippen LogP contribution in [0.1, 0.15) is 49.2 Å². The second-order valence-corrected chi connectivity index (χ2v) is 7.66. The Kier molecular flexibility index (Phi) is 6.67. The number of Topliss-reactive ketones (excluding diaryl/α,β-unsaturated/α-hetero) is 3. The van der Waals surface area contributed by atoms with E-state index < -0.39 is 11.9 Å². The molecule has 0 bridgehead atoms.